The van der Waals surface area contributed by atoms with Gasteiger partial charge in [-0.2, -0.15) is 4.98 Å². The molecule has 0 radical (unpaired) electrons. The molecule has 3 aromatic rings. The zero-order valence-corrected chi connectivity index (χ0v) is 15.9. The van der Waals surface area contributed by atoms with E-state index in [0.717, 1.165) is 0 Å². The molecule has 140 valence electrons. The summed E-state index contributed by atoms with van der Waals surface area (Å²) < 4.78 is 10.9. The largest absolute Gasteiger partial charge is 0.481 e. The molecule has 1 amide bonds. The van der Waals surface area contributed by atoms with Gasteiger partial charge >= 0.3 is 0 Å². The summed E-state index contributed by atoms with van der Waals surface area (Å²) in [6.45, 7) is 2.18. The maximum absolute atomic E-state index is 12.5. The lowest BCUT2D eigenvalue weighted by molar-refractivity contribution is -0.136. The van der Waals surface area contributed by atoms with Gasteiger partial charge in [-0.3, -0.25) is 4.79 Å². The molecular formula is C20H20ClN3O3. The van der Waals surface area contributed by atoms with Crippen LogP contribution in [-0.2, 0) is 11.2 Å². The van der Waals surface area contributed by atoms with Crippen LogP contribution in [0.25, 0.3) is 11.5 Å². The Bertz CT molecular complexity index is 898. The number of rotatable bonds is 7. The van der Waals surface area contributed by atoms with Gasteiger partial charge in [-0.25, -0.2) is 0 Å². The van der Waals surface area contributed by atoms with Gasteiger partial charge in [-0.05, 0) is 31.2 Å². The Labute approximate surface area is 162 Å². The highest BCUT2D eigenvalue weighted by Crippen LogP contribution is 2.25. The van der Waals surface area contributed by atoms with E-state index in [1.54, 1.807) is 24.9 Å². The molecule has 0 unspecified atom stereocenters. The minimum Gasteiger partial charge on any atom is -0.481 e. The summed E-state index contributed by atoms with van der Waals surface area (Å²) >= 11 is 6.14. The lowest BCUT2D eigenvalue weighted by Gasteiger charge is -2.21. The number of carbonyl (C=O) groups is 1. The summed E-state index contributed by atoms with van der Waals surface area (Å²) in [6.07, 6.45) is -0.116. The second-order valence-corrected chi connectivity index (χ2v) is 6.49. The number of halogens is 1. The van der Waals surface area contributed by atoms with Crippen LogP contribution in [0.3, 0.4) is 0 Å². The van der Waals surface area contributed by atoms with E-state index in [-0.39, 0.29) is 5.91 Å². The topological polar surface area (TPSA) is 68.5 Å². The van der Waals surface area contributed by atoms with Gasteiger partial charge in [0.1, 0.15) is 5.75 Å². The van der Waals surface area contributed by atoms with Gasteiger partial charge in [0, 0.05) is 20.0 Å². The van der Waals surface area contributed by atoms with Gasteiger partial charge in [0.2, 0.25) is 0 Å². The third-order valence-electron chi connectivity index (χ3n) is 4.02. The van der Waals surface area contributed by atoms with Crippen molar-refractivity contribution in [1.29, 1.82) is 0 Å². The van der Waals surface area contributed by atoms with Crippen LogP contribution in [0.2, 0.25) is 5.02 Å². The molecule has 3 rings (SSSR count). The summed E-state index contributed by atoms with van der Waals surface area (Å²) in [5, 5.41) is 4.51. The van der Waals surface area contributed by atoms with E-state index in [0.29, 0.717) is 41.0 Å². The molecule has 7 heteroatoms. The van der Waals surface area contributed by atoms with Crippen LogP contribution in [-0.4, -0.2) is 40.6 Å². The highest BCUT2D eigenvalue weighted by atomic mass is 35.5. The van der Waals surface area contributed by atoms with Crippen LogP contribution < -0.4 is 4.74 Å². The van der Waals surface area contributed by atoms with Crippen LogP contribution in [0.15, 0.2) is 59.1 Å². The third kappa shape index (κ3) is 4.86. The molecule has 0 saturated carbocycles. The van der Waals surface area contributed by atoms with Crippen LogP contribution in [0.1, 0.15) is 12.7 Å². The average molecular weight is 386 g/mol. The molecule has 6 nitrogen and oxygen atoms in total. The number of para-hydroxylation sites is 1. The second kappa shape index (κ2) is 8.68. The smallest absolute Gasteiger partial charge is 0.263 e. The number of amides is 1. The van der Waals surface area contributed by atoms with Crippen molar-refractivity contribution in [1.82, 2.24) is 15.0 Å². The zero-order chi connectivity index (χ0) is 19.2. The Morgan fingerprint density at radius 3 is 2.63 bits per heavy atom. The van der Waals surface area contributed by atoms with Gasteiger partial charge in [-0.15, -0.1) is 0 Å². The van der Waals surface area contributed by atoms with Crippen molar-refractivity contribution in [3.63, 3.8) is 0 Å². The predicted molar refractivity (Wildman–Crippen MR) is 103 cm³/mol. The monoisotopic (exact) mass is 385 g/mol. The van der Waals surface area contributed by atoms with Crippen LogP contribution in [0.4, 0.5) is 0 Å². The fraction of sp³-hybridized carbons (Fsp3) is 0.250. The third-order valence-corrected chi connectivity index (χ3v) is 4.35. The molecule has 1 aromatic heterocycles. The summed E-state index contributed by atoms with van der Waals surface area (Å²) in [5.41, 5.74) is 0.687. The van der Waals surface area contributed by atoms with E-state index in [9.17, 15) is 4.79 Å². The number of hydrogen-bond donors (Lipinski definition) is 0. The fourth-order valence-electron chi connectivity index (χ4n) is 2.54. The number of likely N-dealkylation sites (N-methyl/N-ethyl adjacent to an activating group) is 1. The number of nitrogens with zero attached hydrogens (tertiary/aromatic N) is 3. The van der Waals surface area contributed by atoms with Crippen molar-refractivity contribution in [2.75, 3.05) is 13.6 Å². The Kier molecular flexibility index (Phi) is 6.08. The van der Waals surface area contributed by atoms with Crippen molar-refractivity contribution < 1.29 is 14.1 Å². The fourth-order valence-corrected chi connectivity index (χ4v) is 2.76. The van der Waals surface area contributed by atoms with Gasteiger partial charge < -0.3 is 14.2 Å². The van der Waals surface area contributed by atoms with Gasteiger partial charge in [0.25, 0.3) is 11.8 Å². The molecule has 0 spiro atoms. The first kappa shape index (κ1) is 18.9. The van der Waals surface area contributed by atoms with Gasteiger partial charge in [0.05, 0.1) is 10.6 Å². The maximum Gasteiger partial charge on any atom is 0.263 e. The predicted octanol–water partition coefficient (Wildman–Crippen LogP) is 3.86. The lowest BCUT2D eigenvalue weighted by atomic mass is 10.2. The van der Waals surface area contributed by atoms with Crippen molar-refractivity contribution in [3.8, 4) is 17.2 Å². The minimum atomic E-state index is -0.582. The molecule has 0 aliphatic rings. The lowest BCUT2D eigenvalue weighted by Crippen LogP contribution is -2.39. The minimum absolute atomic E-state index is 0.117. The first-order valence-corrected chi connectivity index (χ1v) is 8.96. The highest BCUT2D eigenvalue weighted by Gasteiger charge is 2.20. The number of hydrogen-bond acceptors (Lipinski definition) is 5. The molecule has 2 aromatic carbocycles. The molecule has 1 atom stereocenters. The molecule has 0 bridgehead atoms. The molecule has 27 heavy (non-hydrogen) atoms. The SMILES string of the molecule is C[C@H](Oc1ccccc1)C(=O)N(C)CCc1noc(-c2ccccc2Cl)n1. The van der Waals surface area contributed by atoms with E-state index in [1.165, 1.54) is 0 Å². The number of benzene rings is 2. The standard InChI is InChI=1S/C20H20ClN3O3/c1-14(26-15-8-4-3-5-9-15)20(25)24(2)13-12-18-22-19(27-23-18)16-10-6-7-11-17(16)21/h3-11,14H,12-13H2,1-2H3/t14-/m0/s1. The molecular weight excluding hydrogens is 366 g/mol. The first-order chi connectivity index (χ1) is 13.0. The van der Waals surface area contributed by atoms with E-state index >= 15 is 0 Å². The zero-order valence-electron chi connectivity index (χ0n) is 15.1. The van der Waals surface area contributed by atoms with Crippen molar-refractivity contribution in [3.05, 3.63) is 65.4 Å². The van der Waals surface area contributed by atoms with Gasteiger partial charge in [-0.1, -0.05) is 47.1 Å². The molecule has 0 N–H and O–H groups in total. The number of aromatic nitrogens is 2. The Hall–Kier alpha value is -2.86. The Balaban J connectivity index is 1.55. The van der Waals surface area contributed by atoms with Crippen molar-refractivity contribution in [2.24, 2.45) is 0 Å². The molecule has 1 heterocycles. The first-order valence-electron chi connectivity index (χ1n) is 8.59. The molecule has 0 aliphatic carbocycles. The Morgan fingerprint density at radius 2 is 1.89 bits per heavy atom. The van der Waals surface area contributed by atoms with Gasteiger partial charge in [0.15, 0.2) is 11.9 Å². The van der Waals surface area contributed by atoms with E-state index < -0.39 is 6.10 Å². The summed E-state index contributed by atoms with van der Waals surface area (Å²) in [4.78, 5) is 18.4. The highest BCUT2D eigenvalue weighted by molar-refractivity contribution is 6.33. The second-order valence-electron chi connectivity index (χ2n) is 6.08. The maximum atomic E-state index is 12.5. The molecule has 0 fully saturated rings. The molecule has 0 aliphatic heterocycles. The quantitative estimate of drug-likeness (QED) is 0.617. The Morgan fingerprint density at radius 1 is 1.19 bits per heavy atom. The number of ether oxygens (including phenoxy) is 1. The average Bonchev–Trinajstić information content (AvgIpc) is 3.15. The van der Waals surface area contributed by atoms with Crippen LogP contribution >= 0.6 is 11.6 Å². The van der Waals surface area contributed by atoms with Crippen LogP contribution in [0, 0.1) is 0 Å². The summed E-state index contributed by atoms with van der Waals surface area (Å²) in [7, 11) is 1.72. The van der Waals surface area contributed by atoms with Crippen molar-refractivity contribution in [2.45, 2.75) is 19.4 Å². The summed E-state index contributed by atoms with van der Waals surface area (Å²) in [5.74, 6) is 1.43. The van der Waals surface area contributed by atoms with Crippen LogP contribution in [0.5, 0.6) is 5.75 Å². The van der Waals surface area contributed by atoms with E-state index in [4.69, 9.17) is 20.9 Å². The number of carbonyl (C=O) groups excluding carboxylic acids is 1. The molecule has 0 saturated heterocycles. The van der Waals surface area contributed by atoms with Crippen molar-refractivity contribution >= 4 is 17.5 Å². The van der Waals surface area contributed by atoms with E-state index in [2.05, 4.69) is 10.1 Å². The summed E-state index contributed by atoms with van der Waals surface area (Å²) in [6, 6.07) is 16.5. The van der Waals surface area contributed by atoms with E-state index in [1.807, 2.05) is 48.5 Å². The normalized spacial score (nSPS) is 11.8.